The number of hydrogen-bond donors (Lipinski definition) is 1. The van der Waals surface area contributed by atoms with Gasteiger partial charge >= 0.3 is 0 Å². The summed E-state index contributed by atoms with van der Waals surface area (Å²) in [6.07, 6.45) is 1.64. The topological polar surface area (TPSA) is 79.2 Å². The fourth-order valence-electron chi connectivity index (χ4n) is 0.648. The minimum atomic E-state index is 0.487. The highest BCUT2D eigenvalue weighted by atomic mass is 32.2. The van der Waals surface area contributed by atoms with Crippen LogP contribution in [0.5, 0.6) is 0 Å². The Bertz CT molecular complexity index is 288. The lowest BCUT2D eigenvalue weighted by atomic mass is 10.4. The predicted molar refractivity (Wildman–Crippen MR) is 41.7 cm³/mol. The highest BCUT2D eigenvalue weighted by Gasteiger charge is 2.07. The Morgan fingerprint density at radius 2 is 2.55 bits per heavy atom. The normalized spacial score (nSPS) is 16.5. The van der Waals surface area contributed by atoms with Crippen LogP contribution in [0.4, 0.5) is 0 Å². The minimum Gasteiger partial charge on any atom is -0.278 e. The lowest BCUT2D eigenvalue weighted by molar-refractivity contribution is 0.881. The van der Waals surface area contributed by atoms with E-state index in [4.69, 9.17) is 0 Å². The number of hydrogen-bond acceptors (Lipinski definition) is 6. The van der Waals surface area contributed by atoms with Crippen molar-refractivity contribution in [1.82, 2.24) is 20.6 Å². The molecular weight excluding hydrogens is 164 g/mol. The molecule has 56 valence electrons. The van der Waals surface area contributed by atoms with Gasteiger partial charge in [0, 0.05) is 0 Å². The number of tetrazole rings is 1. The molecule has 2 heterocycles. The third-order valence-electron chi connectivity index (χ3n) is 1.08. The SMILES string of the molecule is C1=NCSN=C1c1nn[nH]n1. The summed E-state index contributed by atoms with van der Waals surface area (Å²) in [7, 11) is 0. The molecule has 0 bridgehead atoms. The first-order valence-electron chi connectivity index (χ1n) is 2.90. The number of nitrogens with zero attached hydrogens (tertiary/aromatic N) is 5. The third-order valence-corrected chi connectivity index (χ3v) is 1.67. The molecule has 0 unspecified atom stereocenters. The van der Waals surface area contributed by atoms with E-state index in [-0.39, 0.29) is 0 Å². The molecule has 2 rings (SSSR count). The zero-order chi connectivity index (χ0) is 7.52. The van der Waals surface area contributed by atoms with Gasteiger partial charge in [0.2, 0.25) is 5.82 Å². The molecule has 1 aromatic heterocycles. The Morgan fingerprint density at radius 3 is 3.18 bits per heavy atom. The van der Waals surface area contributed by atoms with Gasteiger partial charge in [-0.05, 0) is 17.2 Å². The first-order chi connectivity index (χ1) is 5.47. The van der Waals surface area contributed by atoms with Gasteiger partial charge in [-0.3, -0.25) is 4.99 Å². The number of rotatable bonds is 1. The average Bonchev–Trinajstić information content (AvgIpc) is 2.58. The van der Waals surface area contributed by atoms with Gasteiger partial charge in [-0.25, -0.2) is 4.40 Å². The van der Waals surface area contributed by atoms with Gasteiger partial charge in [0.05, 0.1) is 6.21 Å². The van der Waals surface area contributed by atoms with Crippen molar-refractivity contribution in [3.8, 4) is 0 Å². The highest BCUT2D eigenvalue weighted by molar-refractivity contribution is 7.98. The molecule has 11 heavy (non-hydrogen) atoms. The van der Waals surface area contributed by atoms with Crippen LogP contribution < -0.4 is 0 Å². The molecule has 1 aliphatic rings. The van der Waals surface area contributed by atoms with Crippen LogP contribution in [0.25, 0.3) is 0 Å². The van der Waals surface area contributed by atoms with Crippen molar-refractivity contribution < 1.29 is 0 Å². The van der Waals surface area contributed by atoms with E-state index < -0.39 is 0 Å². The Kier molecular flexibility index (Phi) is 1.64. The monoisotopic (exact) mass is 168 g/mol. The van der Waals surface area contributed by atoms with E-state index in [2.05, 4.69) is 30.0 Å². The number of nitrogens with one attached hydrogen (secondary N) is 1. The van der Waals surface area contributed by atoms with Crippen molar-refractivity contribution in [3.05, 3.63) is 5.82 Å². The van der Waals surface area contributed by atoms with E-state index in [1.165, 1.54) is 11.9 Å². The van der Waals surface area contributed by atoms with Crippen LogP contribution in [0.1, 0.15) is 5.82 Å². The van der Waals surface area contributed by atoms with Crippen LogP contribution in [-0.4, -0.2) is 38.4 Å². The summed E-state index contributed by atoms with van der Waals surface area (Å²) in [4.78, 5) is 4.00. The van der Waals surface area contributed by atoms with E-state index in [0.29, 0.717) is 17.4 Å². The second-order valence-electron chi connectivity index (χ2n) is 1.78. The van der Waals surface area contributed by atoms with Crippen molar-refractivity contribution in [2.45, 2.75) is 0 Å². The third kappa shape index (κ3) is 1.27. The number of aromatic amines is 1. The van der Waals surface area contributed by atoms with E-state index in [1.807, 2.05) is 0 Å². The average molecular weight is 168 g/mol. The van der Waals surface area contributed by atoms with Crippen molar-refractivity contribution >= 4 is 23.9 Å². The van der Waals surface area contributed by atoms with E-state index >= 15 is 0 Å². The molecular formula is C4H4N6S. The molecule has 0 saturated carbocycles. The Balaban J connectivity index is 2.29. The van der Waals surface area contributed by atoms with Gasteiger partial charge in [0.1, 0.15) is 11.6 Å². The van der Waals surface area contributed by atoms with Crippen molar-refractivity contribution in [2.24, 2.45) is 9.39 Å². The summed E-state index contributed by atoms with van der Waals surface area (Å²) in [5.74, 6) is 1.15. The van der Waals surface area contributed by atoms with Crippen LogP contribution in [0.2, 0.25) is 0 Å². The van der Waals surface area contributed by atoms with Crippen molar-refractivity contribution in [2.75, 3.05) is 5.88 Å². The number of H-pyrrole nitrogens is 1. The number of aromatic nitrogens is 4. The minimum absolute atomic E-state index is 0.487. The van der Waals surface area contributed by atoms with Gasteiger partial charge < -0.3 is 0 Å². The predicted octanol–water partition coefficient (Wildman–Crippen LogP) is -0.321. The van der Waals surface area contributed by atoms with E-state index in [1.54, 1.807) is 6.21 Å². The van der Waals surface area contributed by atoms with Gasteiger partial charge in [0.15, 0.2) is 0 Å². The fourth-order valence-corrected chi connectivity index (χ4v) is 1.11. The lowest BCUT2D eigenvalue weighted by Crippen LogP contribution is -2.07. The van der Waals surface area contributed by atoms with Crippen molar-refractivity contribution in [3.63, 3.8) is 0 Å². The molecule has 6 nitrogen and oxygen atoms in total. The quantitative estimate of drug-likeness (QED) is 0.583. The number of aliphatic imine (C=N–C) groups is 1. The van der Waals surface area contributed by atoms with Gasteiger partial charge in [-0.2, -0.15) is 5.21 Å². The molecule has 0 fully saturated rings. The largest absolute Gasteiger partial charge is 0.278 e. The van der Waals surface area contributed by atoms with Gasteiger partial charge in [0.25, 0.3) is 0 Å². The lowest BCUT2D eigenvalue weighted by Gasteiger charge is -1.97. The molecule has 0 radical (unpaired) electrons. The summed E-state index contributed by atoms with van der Waals surface area (Å²) in [6, 6.07) is 0. The molecule has 0 amide bonds. The summed E-state index contributed by atoms with van der Waals surface area (Å²) in [6.45, 7) is 0. The maximum Gasteiger partial charge on any atom is 0.225 e. The Morgan fingerprint density at radius 1 is 1.55 bits per heavy atom. The Hall–Kier alpha value is -1.24. The molecule has 0 aliphatic carbocycles. The van der Waals surface area contributed by atoms with E-state index in [9.17, 15) is 0 Å². The summed E-state index contributed by atoms with van der Waals surface area (Å²) < 4.78 is 4.07. The molecule has 0 aromatic carbocycles. The zero-order valence-electron chi connectivity index (χ0n) is 5.43. The fraction of sp³-hybridized carbons (Fsp3) is 0.250. The molecule has 0 atom stereocenters. The van der Waals surface area contributed by atoms with Crippen LogP contribution in [0.15, 0.2) is 9.39 Å². The van der Waals surface area contributed by atoms with E-state index in [0.717, 1.165) is 0 Å². The molecule has 0 spiro atoms. The van der Waals surface area contributed by atoms with Gasteiger partial charge in [-0.15, -0.1) is 10.2 Å². The first kappa shape index (κ1) is 6.47. The molecule has 1 aliphatic heterocycles. The standard InChI is InChI=1S/C4H4N6S/c1-3(8-11-2-5-1)4-6-9-10-7-4/h1H,2H2,(H,6,7,9,10). The summed E-state index contributed by atoms with van der Waals surface area (Å²) in [5.41, 5.74) is 0.662. The highest BCUT2D eigenvalue weighted by Crippen LogP contribution is 2.08. The maximum atomic E-state index is 4.07. The van der Waals surface area contributed by atoms with Crippen LogP contribution >= 0.6 is 11.9 Å². The second-order valence-corrected chi connectivity index (χ2v) is 2.48. The Labute approximate surface area is 66.3 Å². The van der Waals surface area contributed by atoms with Crippen LogP contribution in [0.3, 0.4) is 0 Å². The van der Waals surface area contributed by atoms with Crippen molar-refractivity contribution in [1.29, 1.82) is 0 Å². The summed E-state index contributed by atoms with van der Waals surface area (Å²) >= 11 is 1.37. The molecule has 7 heteroatoms. The van der Waals surface area contributed by atoms with Gasteiger partial charge in [-0.1, -0.05) is 0 Å². The smallest absolute Gasteiger partial charge is 0.225 e. The van der Waals surface area contributed by atoms with Crippen LogP contribution in [0, 0.1) is 0 Å². The maximum absolute atomic E-state index is 4.07. The van der Waals surface area contributed by atoms with Crippen LogP contribution in [-0.2, 0) is 0 Å². The molecule has 1 N–H and O–H groups in total. The summed E-state index contributed by atoms with van der Waals surface area (Å²) in [5, 5.41) is 13.3. The molecule has 0 saturated heterocycles. The zero-order valence-corrected chi connectivity index (χ0v) is 6.25. The first-order valence-corrected chi connectivity index (χ1v) is 3.84. The second kappa shape index (κ2) is 2.79. The molecule has 1 aromatic rings.